The first-order chi connectivity index (χ1) is 9.27. The van der Waals surface area contributed by atoms with Gasteiger partial charge in [0.05, 0.1) is 12.5 Å². The maximum absolute atomic E-state index is 12.6. The van der Waals surface area contributed by atoms with Crippen LogP contribution in [0.25, 0.3) is 0 Å². The van der Waals surface area contributed by atoms with Gasteiger partial charge < -0.3 is 0 Å². The van der Waals surface area contributed by atoms with Gasteiger partial charge in [-0.05, 0) is 38.8 Å². The molecule has 3 rings (SSSR count). The maximum atomic E-state index is 12.6. The normalized spacial score (nSPS) is 31.2. The molecule has 2 amide bonds. The van der Waals surface area contributed by atoms with Crippen LogP contribution in [0.2, 0.25) is 0 Å². The summed E-state index contributed by atoms with van der Waals surface area (Å²) < 4.78 is 0. The molecule has 19 heavy (non-hydrogen) atoms. The Morgan fingerprint density at radius 2 is 1.47 bits per heavy atom. The summed E-state index contributed by atoms with van der Waals surface area (Å²) in [5, 5.41) is 0. The second-order valence-electron chi connectivity index (χ2n) is 6.21. The molecule has 0 radical (unpaired) electrons. The lowest BCUT2D eigenvalue weighted by Gasteiger charge is -2.33. The Morgan fingerprint density at radius 3 is 2.16 bits per heavy atom. The van der Waals surface area contributed by atoms with Gasteiger partial charge in [0.1, 0.15) is 0 Å². The van der Waals surface area contributed by atoms with Crippen LogP contribution in [0.1, 0.15) is 57.8 Å². The largest absolute Gasteiger partial charge is 0.292 e. The molecule has 1 saturated carbocycles. The van der Waals surface area contributed by atoms with Crippen LogP contribution < -0.4 is 0 Å². The highest BCUT2D eigenvalue weighted by Crippen LogP contribution is 2.29. The molecule has 4 nitrogen and oxygen atoms in total. The molecule has 1 aliphatic carbocycles. The van der Waals surface area contributed by atoms with E-state index in [4.69, 9.17) is 0 Å². The number of hydrogen-bond acceptors (Lipinski definition) is 3. The van der Waals surface area contributed by atoms with E-state index >= 15 is 0 Å². The fourth-order valence-electron chi connectivity index (χ4n) is 3.87. The van der Waals surface area contributed by atoms with Gasteiger partial charge >= 0.3 is 0 Å². The molecule has 0 aromatic rings. The third-order valence-electron chi connectivity index (χ3n) is 4.93. The summed E-state index contributed by atoms with van der Waals surface area (Å²) in [5.74, 6) is 0.172. The number of hydrogen-bond donors (Lipinski definition) is 0. The fourth-order valence-corrected chi connectivity index (χ4v) is 3.87. The molecule has 0 bridgehead atoms. The lowest BCUT2D eigenvalue weighted by molar-refractivity contribution is -0.143. The zero-order valence-corrected chi connectivity index (χ0v) is 11.6. The van der Waals surface area contributed by atoms with Crippen molar-refractivity contribution in [3.8, 4) is 0 Å². The number of likely N-dealkylation sites (tertiary alicyclic amines) is 2. The Morgan fingerprint density at radius 1 is 0.842 bits per heavy atom. The number of carbonyl (C=O) groups is 2. The molecule has 1 atom stereocenters. The van der Waals surface area contributed by atoms with Crippen molar-refractivity contribution in [2.24, 2.45) is 0 Å². The van der Waals surface area contributed by atoms with Crippen molar-refractivity contribution in [1.82, 2.24) is 9.80 Å². The molecule has 1 unspecified atom stereocenters. The fraction of sp³-hybridized carbons (Fsp3) is 0.867. The van der Waals surface area contributed by atoms with Gasteiger partial charge in [-0.2, -0.15) is 0 Å². The quantitative estimate of drug-likeness (QED) is 0.716. The second kappa shape index (κ2) is 5.61. The van der Waals surface area contributed by atoms with Crippen LogP contribution in [-0.2, 0) is 9.59 Å². The Kier molecular flexibility index (Phi) is 3.87. The first-order valence-corrected chi connectivity index (χ1v) is 7.87. The van der Waals surface area contributed by atoms with Gasteiger partial charge in [-0.25, -0.2) is 0 Å². The smallest absolute Gasteiger partial charge is 0.247 e. The minimum Gasteiger partial charge on any atom is -0.292 e. The van der Waals surface area contributed by atoms with Crippen LogP contribution in [0, 0.1) is 0 Å². The molecule has 0 N–H and O–H groups in total. The summed E-state index contributed by atoms with van der Waals surface area (Å²) in [6.07, 6.45) is 9.64. The zero-order valence-electron chi connectivity index (χ0n) is 11.6. The molecule has 2 aliphatic heterocycles. The van der Waals surface area contributed by atoms with E-state index in [9.17, 15) is 9.59 Å². The average Bonchev–Trinajstić information content (AvgIpc) is 2.76. The zero-order chi connectivity index (χ0) is 13.2. The summed E-state index contributed by atoms with van der Waals surface area (Å²) in [5.41, 5.74) is 0. The number of carbonyl (C=O) groups excluding carboxylic acids is 2. The van der Waals surface area contributed by atoms with Crippen molar-refractivity contribution >= 4 is 11.8 Å². The van der Waals surface area contributed by atoms with Gasteiger partial charge in [-0.1, -0.05) is 25.7 Å². The molecule has 2 saturated heterocycles. The lowest BCUT2D eigenvalue weighted by Crippen LogP contribution is -2.47. The number of imide groups is 1. The minimum absolute atomic E-state index is 0.0764. The minimum atomic E-state index is -0.144. The van der Waals surface area contributed by atoms with Gasteiger partial charge in [0, 0.05) is 6.04 Å². The van der Waals surface area contributed by atoms with E-state index in [1.807, 2.05) is 0 Å². The van der Waals surface area contributed by atoms with Crippen molar-refractivity contribution < 1.29 is 9.59 Å². The van der Waals surface area contributed by atoms with Crippen LogP contribution in [0.5, 0.6) is 0 Å². The number of rotatable bonds is 2. The summed E-state index contributed by atoms with van der Waals surface area (Å²) >= 11 is 0. The third-order valence-corrected chi connectivity index (χ3v) is 4.93. The molecule has 0 aromatic carbocycles. The van der Waals surface area contributed by atoms with Gasteiger partial charge in [0.15, 0.2) is 0 Å². The SMILES string of the molecule is O=C1CC(N2CCCCC2)C(=O)N1C1CCCCC1. The van der Waals surface area contributed by atoms with Crippen molar-refractivity contribution in [2.45, 2.75) is 69.9 Å². The van der Waals surface area contributed by atoms with Gasteiger partial charge in [0.2, 0.25) is 11.8 Å². The highest BCUT2D eigenvalue weighted by Gasteiger charge is 2.44. The first kappa shape index (κ1) is 13.1. The summed E-state index contributed by atoms with van der Waals surface area (Å²) in [7, 11) is 0. The molecule has 3 fully saturated rings. The Labute approximate surface area is 115 Å². The van der Waals surface area contributed by atoms with Gasteiger partial charge in [-0.15, -0.1) is 0 Å². The third kappa shape index (κ3) is 2.55. The highest BCUT2D eigenvalue weighted by atomic mass is 16.2. The van der Waals surface area contributed by atoms with E-state index in [0.29, 0.717) is 6.42 Å². The van der Waals surface area contributed by atoms with Crippen LogP contribution in [0.3, 0.4) is 0 Å². The van der Waals surface area contributed by atoms with Crippen molar-refractivity contribution in [2.75, 3.05) is 13.1 Å². The summed E-state index contributed by atoms with van der Waals surface area (Å²) in [6.45, 7) is 1.98. The standard InChI is InChI=1S/C15H24N2O2/c18-14-11-13(16-9-5-2-6-10-16)15(19)17(14)12-7-3-1-4-8-12/h12-13H,1-11H2. The Hall–Kier alpha value is -0.900. The summed E-state index contributed by atoms with van der Waals surface area (Å²) in [6, 6.07) is 0.0540. The van der Waals surface area contributed by atoms with E-state index < -0.39 is 0 Å². The van der Waals surface area contributed by atoms with Crippen LogP contribution in [-0.4, -0.2) is 46.8 Å². The van der Waals surface area contributed by atoms with Crippen LogP contribution in [0.4, 0.5) is 0 Å². The molecule has 2 heterocycles. The van der Waals surface area contributed by atoms with Crippen LogP contribution in [0.15, 0.2) is 0 Å². The average molecular weight is 264 g/mol. The van der Waals surface area contributed by atoms with Crippen LogP contribution >= 0.6 is 0 Å². The van der Waals surface area contributed by atoms with E-state index in [0.717, 1.165) is 38.8 Å². The van der Waals surface area contributed by atoms with Gasteiger partial charge in [-0.3, -0.25) is 19.4 Å². The second-order valence-corrected chi connectivity index (χ2v) is 6.21. The van der Waals surface area contributed by atoms with E-state index in [2.05, 4.69) is 4.90 Å². The topological polar surface area (TPSA) is 40.6 Å². The lowest BCUT2D eigenvalue weighted by atomic mass is 9.94. The van der Waals surface area contributed by atoms with Crippen molar-refractivity contribution in [3.05, 3.63) is 0 Å². The monoisotopic (exact) mass is 264 g/mol. The van der Waals surface area contributed by atoms with E-state index in [1.165, 1.54) is 25.7 Å². The van der Waals surface area contributed by atoms with E-state index in [1.54, 1.807) is 4.90 Å². The Balaban J connectivity index is 1.69. The Bertz CT molecular complexity index is 357. The molecule has 4 heteroatoms. The molecule has 106 valence electrons. The number of piperidine rings is 1. The predicted molar refractivity (Wildman–Crippen MR) is 72.6 cm³/mol. The number of nitrogens with zero attached hydrogens (tertiary/aromatic N) is 2. The first-order valence-electron chi connectivity index (χ1n) is 7.87. The van der Waals surface area contributed by atoms with Crippen molar-refractivity contribution in [3.63, 3.8) is 0 Å². The number of amides is 2. The molecule has 0 spiro atoms. The molecular weight excluding hydrogens is 240 g/mol. The van der Waals surface area contributed by atoms with Crippen molar-refractivity contribution in [1.29, 1.82) is 0 Å². The molecule has 3 aliphatic rings. The predicted octanol–water partition coefficient (Wildman–Crippen LogP) is 1.93. The van der Waals surface area contributed by atoms with E-state index in [-0.39, 0.29) is 23.9 Å². The summed E-state index contributed by atoms with van der Waals surface area (Å²) in [4.78, 5) is 28.7. The molecule has 0 aromatic heterocycles. The highest BCUT2D eigenvalue weighted by molar-refractivity contribution is 6.05. The maximum Gasteiger partial charge on any atom is 0.247 e. The molecular formula is C15H24N2O2. The van der Waals surface area contributed by atoms with Gasteiger partial charge in [0.25, 0.3) is 0 Å².